The molecule has 2 bridgehead atoms. The van der Waals surface area contributed by atoms with Gasteiger partial charge in [0, 0.05) is 6.54 Å². The van der Waals surface area contributed by atoms with Crippen LogP contribution in [0, 0.1) is 5.92 Å². The molecule has 2 aromatic rings. The average Bonchev–Trinajstić information content (AvgIpc) is 2.70. The molecule has 1 atom stereocenters. The zero-order chi connectivity index (χ0) is 18.0. The maximum atomic E-state index is 12.7. The zero-order valence-corrected chi connectivity index (χ0v) is 14.9. The summed E-state index contributed by atoms with van der Waals surface area (Å²) in [4.78, 5) is 15.1. The van der Waals surface area contributed by atoms with Crippen LogP contribution in [-0.4, -0.2) is 41.7 Å². The fraction of sp³-hybridized carbons (Fsp3) is 0.409. The highest BCUT2D eigenvalue weighted by molar-refractivity contribution is 5.72. The van der Waals surface area contributed by atoms with E-state index in [1.807, 2.05) is 60.7 Å². The van der Waals surface area contributed by atoms with Gasteiger partial charge in [-0.1, -0.05) is 60.7 Å². The Morgan fingerprint density at radius 3 is 2.00 bits per heavy atom. The van der Waals surface area contributed by atoms with Crippen LogP contribution in [0.2, 0.25) is 0 Å². The number of hydrogen-bond donors (Lipinski definition) is 1. The molecule has 26 heavy (non-hydrogen) atoms. The summed E-state index contributed by atoms with van der Waals surface area (Å²) in [6.07, 6.45) is 2.07. The summed E-state index contributed by atoms with van der Waals surface area (Å²) in [5.41, 5.74) is 0.0299. The highest BCUT2D eigenvalue weighted by atomic mass is 16.5. The van der Waals surface area contributed by atoms with Crippen LogP contribution in [0.4, 0.5) is 0 Å². The molecule has 0 saturated carbocycles. The molecule has 4 nitrogen and oxygen atoms in total. The third kappa shape index (κ3) is 3.39. The number of esters is 1. The minimum atomic E-state index is -1.38. The number of hydrogen-bond acceptors (Lipinski definition) is 4. The van der Waals surface area contributed by atoms with Crippen molar-refractivity contribution in [3.05, 3.63) is 71.8 Å². The first-order valence-electron chi connectivity index (χ1n) is 9.40. The van der Waals surface area contributed by atoms with E-state index in [-0.39, 0.29) is 18.5 Å². The number of piperidine rings is 3. The Kier molecular flexibility index (Phi) is 4.79. The molecule has 3 aliphatic rings. The highest BCUT2D eigenvalue weighted by Gasteiger charge is 2.39. The van der Waals surface area contributed by atoms with Crippen LogP contribution in [0.5, 0.6) is 0 Å². The second-order valence-corrected chi connectivity index (χ2v) is 7.44. The Bertz CT molecular complexity index is 699. The number of carbonyl (C=O) groups excluding carboxylic acids is 1. The van der Waals surface area contributed by atoms with Gasteiger partial charge in [-0.25, -0.2) is 0 Å². The first-order chi connectivity index (χ1) is 12.6. The predicted octanol–water partition coefficient (Wildman–Crippen LogP) is 2.95. The third-order valence-electron chi connectivity index (χ3n) is 5.78. The number of carbonyl (C=O) groups is 1. The van der Waals surface area contributed by atoms with E-state index in [1.165, 1.54) is 0 Å². The standard InChI is InChI=1S/C22H25NO3/c24-21(26-20-16-23-13-11-17(20)12-14-23)15-22(25,18-7-3-1-4-8-18)19-9-5-2-6-10-19/h1-10,17,20,25H,11-16H2/i21-1. The molecule has 3 fully saturated rings. The largest absolute Gasteiger partial charge is 0.461 e. The Morgan fingerprint density at radius 2 is 1.54 bits per heavy atom. The van der Waals surface area contributed by atoms with Gasteiger partial charge in [-0.2, -0.15) is 0 Å². The summed E-state index contributed by atoms with van der Waals surface area (Å²) in [6.45, 7) is 3.04. The molecule has 1 N–H and O–H groups in total. The van der Waals surface area contributed by atoms with Crippen molar-refractivity contribution in [1.29, 1.82) is 0 Å². The number of benzene rings is 2. The molecule has 0 spiro atoms. The van der Waals surface area contributed by atoms with E-state index in [0.717, 1.165) is 32.5 Å². The minimum absolute atomic E-state index is 0.0409. The lowest BCUT2D eigenvalue weighted by molar-refractivity contribution is -0.163. The van der Waals surface area contributed by atoms with Crippen LogP contribution in [0.1, 0.15) is 30.4 Å². The van der Waals surface area contributed by atoms with Gasteiger partial charge < -0.3 is 9.84 Å². The van der Waals surface area contributed by atoms with Crippen molar-refractivity contribution in [2.45, 2.75) is 31.0 Å². The van der Waals surface area contributed by atoms with E-state index in [4.69, 9.17) is 4.74 Å². The van der Waals surface area contributed by atoms with Crippen molar-refractivity contribution in [2.24, 2.45) is 5.92 Å². The maximum absolute atomic E-state index is 12.7. The molecular weight excluding hydrogens is 325 g/mol. The van der Waals surface area contributed by atoms with E-state index in [0.29, 0.717) is 17.0 Å². The third-order valence-corrected chi connectivity index (χ3v) is 5.78. The topological polar surface area (TPSA) is 49.8 Å². The van der Waals surface area contributed by atoms with E-state index in [2.05, 4.69) is 4.90 Å². The van der Waals surface area contributed by atoms with Crippen molar-refractivity contribution in [3.8, 4) is 0 Å². The fourth-order valence-electron chi connectivity index (χ4n) is 4.26. The molecule has 136 valence electrons. The molecular formula is C22H25NO3. The number of rotatable bonds is 5. The summed E-state index contributed by atoms with van der Waals surface area (Å²) in [6, 6.07) is 18.7. The summed E-state index contributed by atoms with van der Waals surface area (Å²) in [5.74, 6) is 0.129. The van der Waals surface area contributed by atoms with E-state index in [1.54, 1.807) is 0 Å². The SMILES string of the molecule is O=[11C](CC(O)(c1ccccc1)c1ccccc1)OC1CN2CCC1CC2. The monoisotopic (exact) mass is 350 g/mol. The molecule has 0 amide bonds. The second-order valence-electron chi connectivity index (χ2n) is 7.44. The first kappa shape index (κ1) is 17.3. The van der Waals surface area contributed by atoms with Gasteiger partial charge in [0.2, 0.25) is 0 Å². The zero-order valence-electron chi connectivity index (χ0n) is 14.9. The van der Waals surface area contributed by atoms with Crippen LogP contribution < -0.4 is 0 Å². The molecule has 3 heterocycles. The lowest BCUT2D eigenvalue weighted by atomic mass is 9.75. The van der Waals surface area contributed by atoms with Crippen molar-refractivity contribution >= 4 is 5.97 Å². The fourth-order valence-corrected chi connectivity index (χ4v) is 4.26. The maximum Gasteiger partial charge on any atom is 0.309 e. The van der Waals surface area contributed by atoms with E-state index < -0.39 is 5.60 Å². The first-order valence-corrected chi connectivity index (χ1v) is 9.40. The Balaban J connectivity index is 1.54. The molecule has 0 aliphatic carbocycles. The predicted molar refractivity (Wildman–Crippen MR) is 99.5 cm³/mol. The Morgan fingerprint density at radius 1 is 1.00 bits per heavy atom. The second kappa shape index (κ2) is 7.22. The quantitative estimate of drug-likeness (QED) is 0.843. The van der Waals surface area contributed by atoms with Gasteiger partial charge in [0.15, 0.2) is 0 Å². The molecule has 1 unspecified atom stereocenters. The van der Waals surface area contributed by atoms with Crippen LogP contribution in [0.25, 0.3) is 0 Å². The lowest BCUT2D eigenvalue weighted by Gasteiger charge is -2.44. The van der Waals surface area contributed by atoms with Crippen molar-refractivity contribution in [2.75, 3.05) is 19.6 Å². The summed E-state index contributed by atoms with van der Waals surface area (Å²) in [7, 11) is 0. The van der Waals surface area contributed by atoms with Gasteiger partial charge >= 0.3 is 5.97 Å². The average molecular weight is 350 g/mol. The van der Waals surface area contributed by atoms with Crippen LogP contribution in [0.3, 0.4) is 0 Å². The lowest BCUT2D eigenvalue weighted by Crippen LogP contribution is -2.52. The minimum Gasteiger partial charge on any atom is -0.461 e. The summed E-state index contributed by atoms with van der Waals surface area (Å²) < 4.78 is 5.82. The van der Waals surface area contributed by atoms with E-state index in [9.17, 15) is 9.90 Å². The normalized spacial score (nSPS) is 25.0. The van der Waals surface area contributed by atoms with Gasteiger partial charge in [0.1, 0.15) is 11.7 Å². The molecule has 2 aromatic carbocycles. The number of fused-ring (bicyclic) bond motifs is 3. The molecule has 0 aromatic heterocycles. The van der Waals surface area contributed by atoms with Gasteiger partial charge in [-0.15, -0.1) is 0 Å². The van der Waals surface area contributed by atoms with Gasteiger partial charge in [0.25, 0.3) is 0 Å². The van der Waals surface area contributed by atoms with Gasteiger partial charge in [-0.3, -0.25) is 9.69 Å². The van der Waals surface area contributed by atoms with E-state index >= 15 is 0 Å². The number of nitrogens with zero attached hydrogens (tertiary/aromatic N) is 1. The Hall–Kier alpha value is -2.17. The van der Waals surface area contributed by atoms with Crippen LogP contribution in [-0.2, 0) is 15.1 Å². The molecule has 3 aliphatic heterocycles. The molecule has 3 saturated heterocycles. The molecule has 5 rings (SSSR count). The summed E-state index contributed by atoms with van der Waals surface area (Å²) in [5, 5.41) is 11.5. The van der Waals surface area contributed by atoms with Crippen LogP contribution in [0.15, 0.2) is 60.7 Å². The van der Waals surface area contributed by atoms with Crippen molar-refractivity contribution in [1.82, 2.24) is 4.90 Å². The highest BCUT2D eigenvalue weighted by Crippen LogP contribution is 2.35. The number of ether oxygens (including phenoxy) is 1. The summed E-state index contributed by atoms with van der Waals surface area (Å²) >= 11 is 0. The van der Waals surface area contributed by atoms with Crippen molar-refractivity contribution in [3.63, 3.8) is 0 Å². The number of aliphatic hydroxyl groups is 1. The Labute approximate surface area is 154 Å². The van der Waals surface area contributed by atoms with Crippen molar-refractivity contribution < 1.29 is 14.6 Å². The van der Waals surface area contributed by atoms with Crippen LogP contribution >= 0.6 is 0 Å². The van der Waals surface area contributed by atoms with Gasteiger partial charge in [0.05, 0.1) is 6.42 Å². The smallest absolute Gasteiger partial charge is 0.309 e. The molecule has 0 radical (unpaired) electrons. The van der Waals surface area contributed by atoms with Gasteiger partial charge in [-0.05, 0) is 43.0 Å². The molecule has 4 heteroatoms.